The molecule has 21 heavy (non-hydrogen) atoms. The Balaban J connectivity index is 2.37. The van der Waals surface area contributed by atoms with Crippen LogP contribution in [-0.4, -0.2) is 25.8 Å². The normalized spacial score (nSPS) is 13.5. The van der Waals surface area contributed by atoms with Gasteiger partial charge in [-0.15, -0.1) is 0 Å². The van der Waals surface area contributed by atoms with Gasteiger partial charge in [-0.1, -0.05) is 56.3 Å². The van der Waals surface area contributed by atoms with E-state index in [1.165, 1.54) is 16.3 Å². The summed E-state index contributed by atoms with van der Waals surface area (Å²) < 4.78 is 5.91. The molecule has 2 nitrogen and oxygen atoms in total. The zero-order valence-electron chi connectivity index (χ0n) is 13.6. The highest BCUT2D eigenvalue weighted by atomic mass is 16.5. The lowest BCUT2D eigenvalue weighted by Crippen LogP contribution is -2.51. The molecule has 0 spiro atoms. The second kappa shape index (κ2) is 7.06. The minimum atomic E-state index is -0.105. The monoisotopic (exact) mass is 285 g/mol. The Bertz CT molecular complexity index is 561. The molecule has 1 unspecified atom stereocenters. The number of hydrogen-bond donors (Lipinski definition) is 1. The Morgan fingerprint density at radius 1 is 1.05 bits per heavy atom. The number of fused-ring (bicyclic) bond motifs is 1. The van der Waals surface area contributed by atoms with Gasteiger partial charge in [-0.25, -0.2) is 0 Å². The zero-order chi connectivity index (χ0) is 15.3. The van der Waals surface area contributed by atoms with Crippen LogP contribution in [0.25, 0.3) is 10.8 Å². The van der Waals surface area contributed by atoms with Crippen molar-refractivity contribution in [3.63, 3.8) is 0 Å². The number of likely N-dealkylation sites (N-methyl/N-ethyl adjacent to an activating group) is 1. The van der Waals surface area contributed by atoms with Crippen LogP contribution in [0.4, 0.5) is 0 Å². The van der Waals surface area contributed by atoms with Crippen molar-refractivity contribution >= 4 is 10.8 Å². The van der Waals surface area contributed by atoms with Crippen LogP contribution >= 0.6 is 0 Å². The molecule has 0 aromatic heterocycles. The Hall–Kier alpha value is -1.38. The van der Waals surface area contributed by atoms with E-state index in [0.29, 0.717) is 6.04 Å². The lowest BCUT2D eigenvalue weighted by Gasteiger charge is -2.38. The van der Waals surface area contributed by atoms with Crippen LogP contribution in [0.15, 0.2) is 42.5 Å². The molecular weight excluding hydrogens is 258 g/mol. The summed E-state index contributed by atoms with van der Waals surface area (Å²) in [5, 5.41) is 6.14. The molecule has 114 valence electrons. The average Bonchev–Trinajstić information content (AvgIpc) is 2.56. The van der Waals surface area contributed by atoms with Gasteiger partial charge in [-0.3, -0.25) is 0 Å². The quantitative estimate of drug-likeness (QED) is 0.824. The average molecular weight is 285 g/mol. The molecule has 0 fully saturated rings. The predicted octanol–water partition coefficient (Wildman–Crippen LogP) is 4.18. The summed E-state index contributed by atoms with van der Waals surface area (Å²) in [6.45, 7) is 4.42. The second-order valence-electron chi connectivity index (χ2n) is 5.66. The van der Waals surface area contributed by atoms with E-state index < -0.39 is 0 Å². The van der Waals surface area contributed by atoms with E-state index in [9.17, 15) is 0 Å². The summed E-state index contributed by atoms with van der Waals surface area (Å²) in [6.07, 6.45) is 3.00. The van der Waals surface area contributed by atoms with Gasteiger partial charge in [0.2, 0.25) is 0 Å². The maximum Gasteiger partial charge on any atom is 0.0828 e. The first-order valence-corrected chi connectivity index (χ1v) is 7.89. The van der Waals surface area contributed by atoms with Crippen molar-refractivity contribution in [1.29, 1.82) is 0 Å². The molecule has 2 rings (SSSR count). The molecule has 0 amide bonds. The van der Waals surface area contributed by atoms with Gasteiger partial charge in [0.15, 0.2) is 0 Å². The standard InChI is InChI=1S/C19H27NO/c1-5-19(6-2,21-4)18(20-3)14-16-12-9-11-15-10-7-8-13-17(15)16/h7-13,18,20H,5-6,14H2,1-4H3. The lowest BCUT2D eigenvalue weighted by atomic mass is 9.83. The highest BCUT2D eigenvalue weighted by Crippen LogP contribution is 2.28. The van der Waals surface area contributed by atoms with Gasteiger partial charge in [0.25, 0.3) is 0 Å². The van der Waals surface area contributed by atoms with Crippen molar-refractivity contribution in [3.8, 4) is 0 Å². The third-order valence-corrected chi connectivity index (χ3v) is 4.89. The van der Waals surface area contributed by atoms with Crippen molar-refractivity contribution in [1.82, 2.24) is 5.32 Å². The molecule has 0 heterocycles. The third-order valence-electron chi connectivity index (χ3n) is 4.89. The summed E-state index contributed by atoms with van der Waals surface area (Å²) in [4.78, 5) is 0. The van der Waals surface area contributed by atoms with Crippen LogP contribution in [0.5, 0.6) is 0 Å². The fourth-order valence-electron chi connectivity index (χ4n) is 3.42. The van der Waals surface area contributed by atoms with Gasteiger partial charge in [0, 0.05) is 13.2 Å². The molecule has 0 saturated carbocycles. The number of methoxy groups -OCH3 is 1. The van der Waals surface area contributed by atoms with Gasteiger partial charge in [-0.05, 0) is 42.6 Å². The maximum atomic E-state index is 5.91. The Morgan fingerprint density at radius 2 is 1.71 bits per heavy atom. The Labute approximate surface area is 128 Å². The first-order chi connectivity index (χ1) is 10.2. The summed E-state index contributed by atoms with van der Waals surface area (Å²) in [6, 6.07) is 15.5. The minimum Gasteiger partial charge on any atom is -0.377 e. The largest absolute Gasteiger partial charge is 0.377 e. The topological polar surface area (TPSA) is 21.3 Å². The van der Waals surface area contributed by atoms with Crippen molar-refractivity contribution in [2.24, 2.45) is 0 Å². The van der Waals surface area contributed by atoms with E-state index in [-0.39, 0.29) is 5.60 Å². The highest BCUT2D eigenvalue weighted by Gasteiger charge is 2.34. The van der Waals surface area contributed by atoms with Gasteiger partial charge in [0.1, 0.15) is 0 Å². The molecule has 0 radical (unpaired) electrons. The van der Waals surface area contributed by atoms with Crippen LogP contribution in [0.3, 0.4) is 0 Å². The molecular formula is C19H27NO. The Kier molecular flexibility index (Phi) is 5.38. The number of rotatable bonds is 7. The van der Waals surface area contributed by atoms with E-state index in [1.807, 2.05) is 14.2 Å². The van der Waals surface area contributed by atoms with Gasteiger partial charge in [0.05, 0.1) is 5.60 Å². The van der Waals surface area contributed by atoms with E-state index >= 15 is 0 Å². The van der Waals surface area contributed by atoms with Gasteiger partial charge >= 0.3 is 0 Å². The minimum absolute atomic E-state index is 0.105. The Morgan fingerprint density at radius 3 is 2.33 bits per heavy atom. The number of ether oxygens (including phenoxy) is 1. The number of benzene rings is 2. The first kappa shape index (κ1) is 16.0. The zero-order valence-corrected chi connectivity index (χ0v) is 13.6. The van der Waals surface area contributed by atoms with Crippen molar-refractivity contribution in [2.45, 2.75) is 44.8 Å². The molecule has 1 atom stereocenters. The van der Waals surface area contributed by atoms with E-state index in [2.05, 4.69) is 61.6 Å². The molecule has 2 aromatic carbocycles. The molecule has 0 aliphatic heterocycles. The van der Waals surface area contributed by atoms with Crippen LogP contribution in [-0.2, 0) is 11.2 Å². The van der Waals surface area contributed by atoms with Crippen LogP contribution in [0.2, 0.25) is 0 Å². The molecule has 2 aromatic rings. The van der Waals surface area contributed by atoms with E-state index in [1.54, 1.807) is 0 Å². The summed E-state index contributed by atoms with van der Waals surface area (Å²) in [5.74, 6) is 0. The van der Waals surface area contributed by atoms with Crippen LogP contribution in [0.1, 0.15) is 32.3 Å². The lowest BCUT2D eigenvalue weighted by molar-refractivity contribution is -0.0453. The van der Waals surface area contributed by atoms with E-state index in [0.717, 1.165) is 19.3 Å². The van der Waals surface area contributed by atoms with Crippen molar-refractivity contribution < 1.29 is 4.74 Å². The number of nitrogens with one attached hydrogen (secondary N) is 1. The molecule has 0 saturated heterocycles. The number of hydrogen-bond acceptors (Lipinski definition) is 2. The van der Waals surface area contributed by atoms with E-state index in [4.69, 9.17) is 4.74 Å². The third kappa shape index (κ3) is 3.12. The predicted molar refractivity (Wildman–Crippen MR) is 90.8 cm³/mol. The first-order valence-electron chi connectivity index (χ1n) is 7.89. The molecule has 0 aliphatic carbocycles. The van der Waals surface area contributed by atoms with Crippen LogP contribution in [0, 0.1) is 0 Å². The maximum absolute atomic E-state index is 5.91. The molecule has 0 aliphatic rings. The summed E-state index contributed by atoms with van der Waals surface area (Å²) in [7, 11) is 3.87. The van der Waals surface area contributed by atoms with Gasteiger partial charge < -0.3 is 10.1 Å². The molecule has 2 heteroatoms. The second-order valence-corrected chi connectivity index (χ2v) is 5.66. The van der Waals surface area contributed by atoms with Crippen molar-refractivity contribution in [3.05, 3.63) is 48.0 Å². The summed E-state index contributed by atoms with van der Waals surface area (Å²) in [5.41, 5.74) is 1.28. The van der Waals surface area contributed by atoms with Gasteiger partial charge in [-0.2, -0.15) is 0 Å². The van der Waals surface area contributed by atoms with Crippen LogP contribution < -0.4 is 5.32 Å². The highest BCUT2D eigenvalue weighted by molar-refractivity contribution is 5.85. The smallest absolute Gasteiger partial charge is 0.0828 e. The van der Waals surface area contributed by atoms with Crippen molar-refractivity contribution in [2.75, 3.05) is 14.2 Å². The summed E-state index contributed by atoms with van der Waals surface area (Å²) >= 11 is 0. The fraction of sp³-hybridized carbons (Fsp3) is 0.474. The molecule has 1 N–H and O–H groups in total. The molecule has 0 bridgehead atoms. The SMILES string of the molecule is CCC(CC)(OC)C(Cc1cccc2ccccc12)NC. The fourth-order valence-corrected chi connectivity index (χ4v) is 3.42.